The molecule has 0 saturated heterocycles. The maximum Gasteiger partial charge on any atom is 0.0788 e. The second kappa shape index (κ2) is 3.79. The van der Waals surface area contributed by atoms with Gasteiger partial charge in [0.05, 0.1) is 6.10 Å². The van der Waals surface area contributed by atoms with Crippen molar-refractivity contribution in [3.05, 3.63) is 29.8 Å². The highest BCUT2D eigenvalue weighted by Crippen LogP contribution is 2.22. The largest absolute Gasteiger partial charge is 0.382 e. The van der Waals surface area contributed by atoms with Crippen LogP contribution in [0.25, 0.3) is 0 Å². The highest BCUT2D eigenvalue weighted by atomic mass is 16.5. The molecule has 2 heteroatoms. The van der Waals surface area contributed by atoms with Crippen LogP contribution in [0.5, 0.6) is 0 Å². The second-order valence-corrected chi connectivity index (χ2v) is 3.32. The summed E-state index contributed by atoms with van der Waals surface area (Å²) in [7, 11) is 0. The van der Waals surface area contributed by atoms with E-state index in [2.05, 4.69) is 29.6 Å². The molecule has 1 atom stereocenters. The van der Waals surface area contributed by atoms with E-state index in [1.165, 1.54) is 11.3 Å². The van der Waals surface area contributed by atoms with E-state index in [4.69, 9.17) is 4.74 Å². The van der Waals surface area contributed by atoms with E-state index in [-0.39, 0.29) is 0 Å². The fourth-order valence-electron chi connectivity index (χ4n) is 1.77. The van der Waals surface area contributed by atoms with Crippen LogP contribution in [-0.4, -0.2) is 19.3 Å². The molecule has 0 saturated carbocycles. The first-order valence-corrected chi connectivity index (χ1v) is 4.83. The lowest BCUT2D eigenvalue weighted by atomic mass is 10.0. The lowest BCUT2D eigenvalue weighted by molar-refractivity contribution is 0.0704. The Hall–Kier alpha value is -1.02. The third-order valence-corrected chi connectivity index (χ3v) is 2.39. The Kier molecular flexibility index (Phi) is 2.50. The molecule has 70 valence electrons. The summed E-state index contributed by atoms with van der Waals surface area (Å²) >= 11 is 0. The number of nitrogens with one attached hydrogen (secondary N) is 1. The standard InChI is InChI=1S/C11H15NO/c1-2-13-10-7-9-5-3-4-6-11(9)12-8-10/h3-6,10,12H,2,7-8H2,1H3. The normalized spacial score (nSPS) is 20.5. The summed E-state index contributed by atoms with van der Waals surface area (Å²) < 4.78 is 5.58. The van der Waals surface area contributed by atoms with Crippen LogP contribution in [0.15, 0.2) is 24.3 Å². The van der Waals surface area contributed by atoms with Gasteiger partial charge in [-0.3, -0.25) is 0 Å². The van der Waals surface area contributed by atoms with E-state index in [0.717, 1.165) is 19.6 Å². The topological polar surface area (TPSA) is 21.3 Å². The average molecular weight is 177 g/mol. The quantitative estimate of drug-likeness (QED) is 0.746. The van der Waals surface area contributed by atoms with Gasteiger partial charge in [-0.05, 0) is 18.6 Å². The first kappa shape index (κ1) is 8.57. The van der Waals surface area contributed by atoms with Crippen LogP contribution in [0, 0.1) is 0 Å². The van der Waals surface area contributed by atoms with Gasteiger partial charge in [-0.15, -0.1) is 0 Å². The molecule has 1 unspecified atom stereocenters. The van der Waals surface area contributed by atoms with Gasteiger partial charge < -0.3 is 10.1 Å². The molecule has 0 spiro atoms. The molecule has 1 aliphatic rings. The minimum atomic E-state index is 0.347. The van der Waals surface area contributed by atoms with Gasteiger partial charge >= 0.3 is 0 Å². The van der Waals surface area contributed by atoms with Crippen LogP contribution in [0.4, 0.5) is 5.69 Å². The number of hydrogen-bond donors (Lipinski definition) is 1. The summed E-state index contributed by atoms with van der Waals surface area (Å²) in [6.45, 7) is 3.78. The van der Waals surface area contributed by atoms with Crippen LogP contribution in [-0.2, 0) is 11.2 Å². The first-order chi connectivity index (χ1) is 6.40. The van der Waals surface area contributed by atoms with E-state index in [9.17, 15) is 0 Å². The highest BCUT2D eigenvalue weighted by molar-refractivity contribution is 5.53. The van der Waals surface area contributed by atoms with Crippen LogP contribution >= 0.6 is 0 Å². The smallest absolute Gasteiger partial charge is 0.0788 e. The molecule has 13 heavy (non-hydrogen) atoms. The van der Waals surface area contributed by atoms with Crippen LogP contribution < -0.4 is 5.32 Å². The fourth-order valence-corrected chi connectivity index (χ4v) is 1.77. The van der Waals surface area contributed by atoms with Crippen molar-refractivity contribution in [2.75, 3.05) is 18.5 Å². The van der Waals surface area contributed by atoms with Gasteiger partial charge in [-0.25, -0.2) is 0 Å². The predicted molar refractivity (Wildman–Crippen MR) is 54.0 cm³/mol. The Balaban J connectivity index is 2.11. The van der Waals surface area contributed by atoms with Crippen LogP contribution in [0.2, 0.25) is 0 Å². The highest BCUT2D eigenvalue weighted by Gasteiger charge is 2.16. The number of anilines is 1. The lowest BCUT2D eigenvalue weighted by Crippen LogP contribution is -2.30. The van der Waals surface area contributed by atoms with Crippen molar-refractivity contribution in [1.82, 2.24) is 0 Å². The Morgan fingerprint density at radius 1 is 1.46 bits per heavy atom. The molecule has 2 nitrogen and oxygen atoms in total. The van der Waals surface area contributed by atoms with E-state index in [0.29, 0.717) is 6.10 Å². The average Bonchev–Trinajstić information content (AvgIpc) is 2.18. The molecular formula is C11H15NO. The third kappa shape index (κ3) is 1.83. The van der Waals surface area contributed by atoms with E-state index in [1.807, 2.05) is 6.92 Å². The summed E-state index contributed by atoms with van der Waals surface area (Å²) in [6, 6.07) is 8.42. The van der Waals surface area contributed by atoms with Crippen molar-refractivity contribution >= 4 is 5.69 Å². The monoisotopic (exact) mass is 177 g/mol. The summed E-state index contributed by atoms with van der Waals surface area (Å²) in [5.41, 5.74) is 2.63. The molecule has 1 aromatic carbocycles. The molecule has 0 amide bonds. The van der Waals surface area contributed by atoms with Crippen molar-refractivity contribution in [2.24, 2.45) is 0 Å². The molecular weight excluding hydrogens is 162 g/mol. The molecule has 2 rings (SSSR count). The van der Waals surface area contributed by atoms with Crippen molar-refractivity contribution < 1.29 is 4.74 Å². The van der Waals surface area contributed by atoms with E-state index in [1.54, 1.807) is 0 Å². The first-order valence-electron chi connectivity index (χ1n) is 4.83. The van der Waals surface area contributed by atoms with Gasteiger partial charge in [0.2, 0.25) is 0 Å². The Morgan fingerprint density at radius 3 is 3.15 bits per heavy atom. The zero-order valence-corrected chi connectivity index (χ0v) is 7.92. The number of hydrogen-bond acceptors (Lipinski definition) is 2. The van der Waals surface area contributed by atoms with Crippen LogP contribution in [0.1, 0.15) is 12.5 Å². The fraction of sp³-hybridized carbons (Fsp3) is 0.455. The molecule has 0 bridgehead atoms. The van der Waals surface area contributed by atoms with E-state index < -0.39 is 0 Å². The number of fused-ring (bicyclic) bond motifs is 1. The number of ether oxygens (including phenoxy) is 1. The van der Waals surface area contributed by atoms with Gasteiger partial charge in [0, 0.05) is 25.3 Å². The molecule has 1 heterocycles. The molecule has 1 N–H and O–H groups in total. The van der Waals surface area contributed by atoms with Gasteiger partial charge in [0.15, 0.2) is 0 Å². The number of benzene rings is 1. The van der Waals surface area contributed by atoms with Crippen LogP contribution in [0.3, 0.4) is 0 Å². The van der Waals surface area contributed by atoms with Crippen molar-refractivity contribution in [1.29, 1.82) is 0 Å². The zero-order valence-electron chi connectivity index (χ0n) is 7.92. The summed E-state index contributed by atoms with van der Waals surface area (Å²) in [6.07, 6.45) is 1.39. The Bertz CT molecular complexity index is 285. The molecule has 0 radical (unpaired) electrons. The van der Waals surface area contributed by atoms with Gasteiger partial charge in [-0.1, -0.05) is 18.2 Å². The molecule has 1 aromatic rings. The van der Waals surface area contributed by atoms with Crippen molar-refractivity contribution in [3.63, 3.8) is 0 Å². The molecule has 0 aliphatic carbocycles. The summed E-state index contributed by atoms with van der Waals surface area (Å²) in [5, 5.41) is 3.37. The van der Waals surface area contributed by atoms with E-state index >= 15 is 0 Å². The number of rotatable bonds is 2. The molecule has 1 aliphatic heterocycles. The zero-order chi connectivity index (χ0) is 9.10. The van der Waals surface area contributed by atoms with Crippen molar-refractivity contribution in [2.45, 2.75) is 19.4 Å². The van der Waals surface area contributed by atoms with Gasteiger partial charge in [-0.2, -0.15) is 0 Å². The molecule has 0 fully saturated rings. The number of para-hydroxylation sites is 1. The maximum atomic E-state index is 5.58. The minimum absolute atomic E-state index is 0.347. The Labute approximate surface area is 78.9 Å². The van der Waals surface area contributed by atoms with Gasteiger partial charge in [0.1, 0.15) is 0 Å². The summed E-state index contributed by atoms with van der Waals surface area (Å²) in [4.78, 5) is 0. The predicted octanol–water partition coefficient (Wildman–Crippen LogP) is 2.06. The summed E-state index contributed by atoms with van der Waals surface area (Å²) in [5.74, 6) is 0. The SMILES string of the molecule is CCOC1CNc2ccccc2C1. The van der Waals surface area contributed by atoms with Gasteiger partial charge in [0.25, 0.3) is 0 Å². The maximum absolute atomic E-state index is 5.58. The second-order valence-electron chi connectivity index (χ2n) is 3.32. The van der Waals surface area contributed by atoms with Crippen molar-refractivity contribution in [3.8, 4) is 0 Å². The molecule has 0 aromatic heterocycles. The lowest BCUT2D eigenvalue weighted by Gasteiger charge is -2.25. The third-order valence-electron chi connectivity index (χ3n) is 2.39. The Morgan fingerprint density at radius 2 is 2.31 bits per heavy atom. The minimum Gasteiger partial charge on any atom is -0.382 e.